The molecule has 2 amide bonds. The SMILES string of the molecule is COCCCN(CC(=O)N1CCc2sccc2[C@H]1COc1ccccc1)C(=O)c1cccs1. The maximum absolute atomic E-state index is 13.5. The van der Waals surface area contributed by atoms with E-state index < -0.39 is 0 Å². The quantitative estimate of drug-likeness (QED) is 0.398. The molecule has 0 saturated heterocycles. The first-order valence-electron chi connectivity index (χ1n) is 11.0. The fraction of sp³-hybridized carbons (Fsp3) is 0.360. The molecule has 8 heteroatoms. The number of amides is 2. The van der Waals surface area contributed by atoms with Crippen LogP contribution in [0.5, 0.6) is 5.75 Å². The lowest BCUT2D eigenvalue weighted by molar-refractivity contribution is -0.135. The molecule has 2 aromatic heterocycles. The van der Waals surface area contributed by atoms with Crippen molar-refractivity contribution in [3.8, 4) is 5.75 Å². The van der Waals surface area contributed by atoms with E-state index in [1.54, 1.807) is 29.4 Å². The number of para-hydroxylation sites is 1. The maximum Gasteiger partial charge on any atom is 0.264 e. The molecule has 0 radical (unpaired) electrons. The summed E-state index contributed by atoms with van der Waals surface area (Å²) in [5.74, 6) is 0.608. The van der Waals surface area contributed by atoms with Crippen molar-refractivity contribution < 1.29 is 19.1 Å². The number of carbonyl (C=O) groups is 2. The van der Waals surface area contributed by atoms with Gasteiger partial charge in [-0.15, -0.1) is 22.7 Å². The van der Waals surface area contributed by atoms with Crippen LogP contribution in [0.4, 0.5) is 0 Å². The van der Waals surface area contributed by atoms with Crippen molar-refractivity contribution in [1.82, 2.24) is 9.80 Å². The molecule has 0 bridgehead atoms. The van der Waals surface area contributed by atoms with E-state index in [1.165, 1.54) is 16.2 Å². The van der Waals surface area contributed by atoms with E-state index in [9.17, 15) is 9.59 Å². The highest BCUT2D eigenvalue weighted by Gasteiger charge is 2.33. The zero-order valence-electron chi connectivity index (χ0n) is 18.6. The molecule has 0 N–H and O–H groups in total. The van der Waals surface area contributed by atoms with Crippen molar-refractivity contribution in [3.63, 3.8) is 0 Å². The van der Waals surface area contributed by atoms with Gasteiger partial charge in [0.1, 0.15) is 18.9 Å². The summed E-state index contributed by atoms with van der Waals surface area (Å²) < 4.78 is 11.2. The average Bonchev–Trinajstić information content (AvgIpc) is 3.54. The molecule has 1 aliphatic heterocycles. The second-order valence-electron chi connectivity index (χ2n) is 7.83. The first kappa shape index (κ1) is 23.5. The van der Waals surface area contributed by atoms with Gasteiger partial charge in [0, 0.05) is 31.7 Å². The fourth-order valence-electron chi connectivity index (χ4n) is 4.03. The molecule has 6 nitrogen and oxygen atoms in total. The minimum atomic E-state index is -0.176. The Labute approximate surface area is 202 Å². The number of nitrogens with zero attached hydrogens (tertiary/aromatic N) is 2. The normalized spacial score (nSPS) is 15.2. The van der Waals surface area contributed by atoms with E-state index in [1.807, 2.05) is 46.7 Å². The van der Waals surface area contributed by atoms with Crippen LogP contribution in [0.2, 0.25) is 0 Å². The van der Waals surface area contributed by atoms with Crippen LogP contribution in [0.3, 0.4) is 0 Å². The molecular formula is C25H28N2O4S2. The summed E-state index contributed by atoms with van der Waals surface area (Å²) in [6, 6.07) is 15.2. The Hall–Kier alpha value is -2.68. The zero-order valence-corrected chi connectivity index (χ0v) is 20.3. The predicted octanol–water partition coefficient (Wildman–Crippen LogP) is 4.49. The molecular weight excluding hydrogens is 456 g/mol. The van der Waals surface area contributed by atoms with Crippen molar-refractivity contribution in [2.45, 2.75) is 18.9 Å². The van der Waals surface area contributed by atoms with Gasteiger partial charge < -0.3 is 19.3 Å². The van der Waals surface area contributed by atoms with Crippen LogP contribution in [0.15, 0.2) is 59.3 Å². The van der Waals surface area contributed by atoms with Crippen molar-refractivity contribution in [3.05, 3.63) is 74.6 Å². The summed E-state index contributed by atoms with van der Waals surface area (Å²) >= 11 is 3.12. The van der Waals surface area contributed by atoms with Gasteiger partial charge in [-0.25, -0.2) is 0 Å². The molecule has 174 valence electrons. The first-order chi connectivity index (χ1) is 16.2. The molecule has 0 fully saturated rings. The fourth-order valence-corrected chi connectivity index (χ4v) is 5.65. The van der Waals surface area contributed by atoms with E-state index in [4.69, 9.17) is 9.47 Å². The van der Waals surface area contributed by atoms with Crippen LogP contribution in [0.1, 0.15) is 32.6 Å². The number of hydrogen-bond donors (Lipinski definition) is 0. The van der Waals surface area contributed by atoms with Crippen LogP contribution >= 0.6 is 22.7 Å². The van der Waals surface area contributed by atoms with Gasteiger partial charge in [0.2, 0.25) is 5.91 Å². The Morgan fingerprint density at radius 3 is 2.70 bits per heavy atom. The van der Waals surface area contributed by atoms with Gasteiger partial charge in [-0.3, -0.25) is 9.59 Å². The van der Waals surface area contributed by atoms with Crippen LogP contribution in [0, 0.1) is 0 Å². The van der Waals surface area contributed by atoms with Crippen molar-refractivity contribution in [2.75, 3.05) is 40.0 Å². The van der Waals surface area contributed by atoms with E-state index in [2.05, 4.69) is 11.4 Å². The lowest BCUT2D eigenvalue weighted by Crippen LogP contribution is -2.48. The third-order valence-corrected chi connectivity index (χ3v) is 7.54. The Kier molecular flexibility index (Phi) is 8.15. The number of carbonyl (C=O) groups excluding carboxylic acids is 2. The Bertz CT molecular complexity index is 1040. The lowest BCUT2D eigenvalue weighted by atomic mass is 10.0. The molecule has 3 aromatic rings. The van der Waals surface area contributed by atoms with Gasteiger partial charge in [0.05, 0.1) is 10.9 Å². The van der Waals surface area contributed by atoms with Crippen LogP contribution in [0.25, 0.3) is 0 Å². The average molecular weight is 485 g/mol. The summed E-state index contributed by atoms with van der Waals surface area (Å²) in [5.41, 5.74) is 1.14. The molecule has 0 unspecified atom stereocenters. The van der Waals surface area contributed by atoms with Gasteiger partial charge >= 0.3 is 0 Å². The van der Waals surface area contributed by atoms with E-state index in [-0.39, 0.29) is 24.4 Å². The predicted molar refractivity (Wildman–Crippen MR) is 131 cm³/mol. The maximum atomic E-state index is 13.5. The van der Waals surface area contributed by atoms with E-state index in [0.29, 0.717) is 37.6 Å². The Morgan fingerprint density at radius 1 is 1.09 bits per heavy atom. The smallest absolute Gasteiger partial charge is 0.264 e. The van der Waals surface area contributed by atoms with Crippen molar-refractivity contribution in [1.29, 1.82) is 0 Å². The second-order valence-corrected chi connectivity index (χ2v) is 9.77. The molecule has 3 heterocycles. The lowest BCUT2D eigenvalue weighted by Gasteiger charge is -2.37. The number of ether oxygens (including phenoxy) is 2. The molecule has 4 rings (SSSR count). The molecule has 33 heavy (non-hydrogen) atoms. The number of fused-ring (bicyclic) bond motifs is 1. The minimum Gasteiger partial charge on any atom is -0.491 e. The minimum absolute atomic E-state index is 0.0434. The molecule has 1 atom stereocenters. The molecule has 0 aliphatic carbocycles. The van der Waals surface area contributed by atoms with Gasteiger partial charge in [0.25, 0.3) is 5.91 Å². The van der Waals surface area contributed by atoms with Crippen LogP contribution in [-0.4, -0.2) is 61.6 Å². The Morgan fingerprint density at radius 2 is 1.94 bits per heavy atom. The van der Waals surface area contributed by atoms with Crippen molar-refractivity contribution >= 4 is 34.5 Å². The number of hydrogen-bond acceptors (Lipinski definition) is 6. The largest absolute Gasteiger partial charge is 0.491 e. The highest BCUT2D eigenvalue weighted by atomic mass is 32.1. The zero-order chi connectivity index (χ0) is 23.0. The summed E-state index contributed by atoms with van der Waals surface area (Å²) in [6.07, 6.45) is 1.50. The summed E-state index contributed by atoms with van der Waals surface area (Å²) in [5, 5.41) is 3.95. The van der Waals surface area contributed by atoms with Crippen LogP contribution < -0.4 is 4.74 Å². The second kappa shape index (κ2) is 11.4. The van der Waals surface area contributed by atoms with Gasteiger partial charge in [-0.1, -0.05) is 24.3 Å². The molecule has 0 spiro atoms. The first-order valence-corrected chi connectivity index (χ1v) is 12.8. The number of methoxy groups -OCH3 is 1. The van der Waals surface area contributed by atoms with E-state index in [0.717, 1.165) is 17.7 Å². The number of thiophene rings is 2. The van der Waals surface area contributed by atoms with Gasteiger partial charge in [-0.2, -0.15) is 0 Å². The van der Waals surface area contributed by atoms with E-state index >= 15 is 0 Å². The number of benzene rings is 1. The highest BCUT2D eigenvalue weighted by molar-refractivity contribution is 7.12. The highest BCUT2D eigenvalue weighted by Crippen LogP contribution is 2.34. The van der Waals surface area contributed by atoms with Gasteiger partial charge in [0.15, 0.2) is 0 Å². The standard InChI is InChI=1S/C25H28N2O4S2/c1-30-14-6-12-26(25(29)23-9-5-15-32-23)17-24(28)27-13-10-22-20(11-16-33-22)21(27)18-31-19-7-3-2-4-8-19/h2-5,7-9,11,15-16,21H,6,10,12-14,17-18H2,1H3/t21-/m1/s1. The summed E-state index contributed by atoms with van der Waals surface area (Å²) in [7, 11) is 1.64. The Balaban J connectivity index is 1.50. The third kappa shape index (κ3) is 5.82. The topological polar surface area (TPSA) is 59.1 Å². The summed E-state index contributed by atoms with van der Waals surface area (Å²) in [6.45, 7) is 2.05. The van der Waals surface area contributed by atoms with Crippen LogP contribution in [-0.2, 0) is 16.0 Å². The number of rotatable bonds is 10. The van der Waals surface area contributed by atoms with Crippen molar-refractivity contribution in [2.24, 2.45) is 0 Å². The third-order valence-electron chi connectivity index (χ3n) is 5.69. The monoisotopic (exact) mass is 484 g/mol. The molecule has 0 saturated carbocycles. The van der Waals surface area contributed by atoms with Gasteiger partial charge in [-0.05, 0) is 53.4 Å². The summed E-state index contributed by atoms with van der Waals surface area (Å²) in [4.78, 5) is 32.1. The molecule has 1 aliphatic rings. The molecule has 1 aromatic carbocycles.